The van der Waals surface area contributed by atoms with E-state index >= 15 is 0 Å². The lowest BCUT2D eigenvalue weighted by Gasteiger charge is -2.21. The zero-order chi connectivity index (χ0) is 6.10. The fraction of sp³-hybridized carbons (Fsp3) is 1.00. The summed E-state index contributed by atoms with van der Waals surface area (Å²) in [6.07, 6.45) is 7.70. The summed E-state index contributed by atoms with van der Waals surface area (Å²) < 4.78 is 0. The third kappa shape index (κ3) is 1.33. The first-order valence-corrected chi connectivity index (χ1v) is 4.47. The van der Waals surface area contributed by atoms with Crippen molar-refractivity contribution in [2.75, 3.05) is 0 Å². The van der Waals surface area contributed by atoms with Crippen molar-refractivity contribution >= 4 is 14.3 Å². The fourth-order valence-corrected chi connectivity index (χ4v) is 2.17. The second-order valence-corrected chi connectivity index (χ2v) is 3.74. The van der Waals surface area contributed by atoms with Crippen molar-refractivity contribution in [2.45, 2.75) is 37.8 Å². The van der Waals surface area contributed by atoms with Crippen LogP contribution in [0.15, 0.2) is 0 Å². The van der Waals surface area contributed by atoms with Gasteiger partial charge in [0.1, 0.15) is 0 Å². The van der Waals surface area contributed by atoms with Crippen molar-refractivity contribution in [3.8, 4) is 0 Å². The topological polar surface area (TPSA) is 0 Å². The molecule has 0 atom stereocenters. The van der Waals surface area contributed by atoms with Gasteiger partial charge in [-0.3, -0.25) is 0 Å². The molecule has 1 saturated heterocycles. The van der Waals surface area contributed by atoms with Crippen molar-refractivity contribution in [1.82, 2.24) is 0 Å². The Morgan fingerprint density at radius 3 is 2.11 bits per heavy atom. The highest BCUT2D eigenvalue weighted by Crippen LogP contribution is 2.37. The molecular formula is C7H14B2. The summed E-state index contributed by atoms with van der Waals surface area (Å²) in [6, 6.07) is 0. The zero-order valence-corrected chi connectivity index (χ0v) is 6.10. The molecule has 9 heavy (non-hydrogen) atoms. The van der Waals surface area contributed by atoms with Gasteiger partial charge in [-0.05, 0) is 0 Å². The highest BCUT2D eigenvalue weighted by molar-refractivity contribution is 7.22. The van der Waals surface area contributed by atoms with E-state index in [0.29, 0.717) is 0 Å². The Labute approximate surface area is 58.9 Å². The first-order valence-electron chi connectivity index (χ1n) is 4.47. The maximum absolute atomic E-state index is 1.56. The second kappa shape index (κ2) is 2.40. The van der Waals surface area contributed by atoms with Gasteiger partial charge in [-0.15, -0.1) is 0 Å². The van der Waals surface area contributed by atoms with Crippen molar-refractivity contribution in [3.63, 3.8) is 0 Å². The van der Waals surface area contributed by atoms with Crippen LogP contribution in [0.1, 0.15) is 32.1 Å². The molecule has 0 bridgehead atoms. The SMILES string of the molecule is B1BC1C1CCCCC1. The van der Waals surface area contributed by atoms with E-state index < -0.39 is 0 Å². The molecule has 0 N–H and O–H groups in total. The molecule has 0 aromatic heterocycles. The van der Waals surface area contributed by atoms with Crippen LogP contribution in [-0.2, 0) is 0 Å². The smallest absolute Gasteiger partial charge is 0.0805 e. The lowest BCUT2D eigenvalue weighted by Crippen LogP contribution is -2.06. The average Bonchev–Trinajstić information content (AvgIpc) is 2.71. The van der Waals surface area contributed by atoms with Crippen LogP contribution in [0.25, 0.3) is 0 Å². The molecule has 1 aliphatic heterocycles. The van der Waals surface area contributed by atoms with Crippen LogP contribution in [0.5, 0.6) is 0 Å². The summed E-state index contributed by atoms with van der Waals surface area (Å²) >= 11 is 0. The van der Waals surface area contributed by atoms with Gasteiger partial charge in [0.15, 0.2) is 0 Å². The minimum absolute atomic E-state index is 1.17. The predicted molar refractivity (Wildman–Crippen MR) is 44.6 cm³/mol. The Morgan fingerprint density at radius 2 is 1.56 bits per heavy atom. The summed E-state index contributed by atoms with van der Waals surface area (Å²) in [7, 11) is 3.12. The number of hydrogen-bond acceptors (Lipinski definition) is 0. The van der Waals surface area contributed by atoms with E-state index in [4.69, 9.17) is 0 Å². The molecule has 0 amide bonds. The van der Waals surface area contributed by atoms with Crippen molar-refractivity contribution in [1.29, 1.82) is 0 Å². The van der Waals surface area contributed by atoms with Crippen molar-refractivity contribution in [3.05, 3.63) is 0 Å². The molecule has 2 heteroatoms. The van der Waals surface area contributed by atoms with Crippen molar-refractivity contribution in [2.24, 2.45) is 5.92 Å². The van der Waals surface area contributed by atoms with E-state index in [9.17, 15) is 0 Å². The summed E-state index contributed by atoms with van der Waals surface area (Å²) in [5.41, 5.74) is 1.19. The zero-order valence-electron chi connectivity index (χ0n) is 6.10. The largest absolute Gasteiger partial charge is 0.0994 e. The van der Waals surface area contributed by atoms with E-state index in [1.54, 1.807) is 27.2 Å². The fourth-order valence-electron chi connectivity index (χ4n) is 2.17. The van der Waals surface area contributed by atoms with Crippen molar-refractivity contribution < 1.29 is 0 Å². The summed E-state index contributed by atoms with van der Waals surface area (Å²) in [4.78, 5) is 0. The first-order chi connectivity index (χ1) is 4.47. The Morgan fingerprint density at radius 1 is 0.889 bits per heavy atom. The molecule has 0 spiro atoms. The molecule has 0 unspecified atom stereocenters. The molecule has 48 valence electrons. The third-order valence-corrected chi connectivity index (χ3v) is 2.94. The van der Waals surface area contributed by atoms with Crippen LogP contribution < -0.4 is 0 Å². The maximum atomic E-state index is 1.56. The minimum atomic E-state index is 1.17. The third-order valence-electron chi connectivity index (χ3n) is 2.94. The summed E-state index contributed by atoms with van der Waals surface area (Å²) in [6.45, 7) is 0. The molecular weight excluding hydrogens is 106 g/mol. The summed E-state index contributed by atoms with van der Waals surface area (Å²) in [5.74, 6) is 1.17. The highest BCUT2D eigenvalue weighted by Gasteiger charge is 2.33. The van der Waals surface area contributed by atoms with Gasteiger partial charge in [0.25, 0.3) is 0 Å². The lowest BCUT2D eigenvalue weighted by atomic mass is 9.80. The van der Waals surface area contributed by atoms with Crippen LogP contribution in [0.2, 0.25) is 5.72 Å². The van der Waals surface area contributed by atoms with Gasteiger partial charge in [-0.2, -0.15) is 0 Å². The molecule has 2 rings (SSSR count). The normalized spacial score (nSPS) is 28.9. The van der Waals surface area contributed by atoms with Gasteiger partial charge in [0, 0.05) is 0 Å². The molecule has 1 aliphatic carbocycles. The molecule has 0 aromatic rings. The molecule has 1 saturated carbocycles. The van der Waals surface area contributed by atoms with Gasteiger partial charge in [0.05, 0.1) is 14.3 Å². The van der Waals surface area contributed by atoms with E-state index in [0.717, 1.165) is 0 Å². The van der Waals surface area contributed by atoms with Gasteiger partial charge in [0.2, 0.25) is 0 Å². The lowest BCUT2D eigenvalue weighted by molar-refractivity contribution is 0.377. The molecule has 2 fully saturated rings. The van der Waals surface area contributed by atoms with Gasteiger partial charge >= 0.3 is 0 Å². The van der Waals surface area contributed by atoms with Gasteiger partial charge in [-0.1, -0.05) is 43.7 Å². The standard InChI is InChI=1S/C7H14B2/c1-2-4-6(5-3-1)7-8-9-7/h6-9H,1-5H2. The molecule has 1 heterocycles. The molecule has 0 nitrogen and oxygen atoms in total. The van der Waals surface area contributed by atoms with Crippen LogP contribution >= 0.6 is 0 Å². The van der Waals surface area contributed by atoms with Crippen LogP contribution in [0, 0.1) is 5.92 Å². The second-order valence-electron chi connectivity index (χ2n) is 3.74. The van der Waals surface area contributed by atoms with E-state index in [1.165, 1.54) is 30.9 Å². The highest BCUT2D eigenvalue weighted by atomic mass is 14.2. The van der Waals surface area contributed by atoms with Crippen LogP contribution in [0.3, 0.4) is 0 Å². The maximum Gasteiger partial charge on any atom is 0.0805 e. The Bertz CT molecular complexity index is 93.1. The Balaban J connectivity index is 1.80. The van der Waals surface area contributed by atoms with E-state index in [2.05, 4.69) is 0 Å². The molecule has 2 aliphatic rings. The average molecular weight is 120 g/mol. The summed E-state index contributed by atoms with van der Waals surface area (Å²) in [5, 5.41) is 0. The van der Waals surface area contributed by atoms with Crippen LogP contribution in [0.4, 0.5) is 0 Å². The first kappa shape index (κ1) is 5.88. The van der Waals surface area contributed by atoms with Gasteiger partial charge < -0.3 is 0 Å². The number of rotatable bonds is 1. The van der Waals surface area contributed by atoms with E-state index in [-0.39, 0.29) is 0 Å². The predicted octanol–water partition coefficient (Wildman–Crippen LogP) is 1.11. The quantitative estimate of drug-likeness (QED) is 0.454. The van der Waals surface area contributed by atoms with E-state index in [1.807, 2.05) is 0 Å². The Hall–Kier alpha value is 0.130. The Kier molecular flexibility index (Phi) is 1.57. The molecule has 0 radical (unpaired) electrons. The minimum Gasteiger partial charge on any atom is -0.0994 e. The molecule has 0 aromatic carbocycles. The number of hydrogen-bond donors (Lipinski definition) is 0. The monoisotopic (exact) mass is 120 g/mol. The van der Waals surface area contributed by atoms with Gasteiger partial charge in [-0.25, -0.2) is 0 Å². The van der Waals surface area contributed by atoms with Crippen LogP contribution in [-0.4, -0.2) is 14.3 Å².